The van der Waals surface area contributed by atoms with Gasteiger partial charge in [0.2, 0.25) is 5.91 Å². The summed E-state index contributed by atoms with van der Waals surface area (Å²) in [6.07, 6.45) is 0. The fourth-order valence-corrected chi connectivity index (χ4v) is 3.14. The Hall–Kier alpha value is -2.24. The first-order valence-electron chi connectivity index (χ1n) is 7.07. The molecule has 0 unspecified atom stereocenters. The largest absolute Gasteiger partial charge is 0.325 e. The van der Waals surface area contributed by atoms with Crippen LogP contribution >= 0.6 is 11.3 Å². The first-order valence-corrected chi connectivity index (χ1v) is 7.89. The monoisotopic (exact) mass is 311 g/mol. The summed E-state index contributed by atoms with van der Waals surface area (Å²) in [5.74, 6) is -0.184. The summed E-state index contributed by atoms with van der Waals surface area (Å²) >= 11 is 1.67. The molecule has 0 saturated heterocycles. The zero-order valence-electron chi connectivity index (χ0n) is 12.5. The minimum atomic E-state index is -0.525. The number of thiazole rings is 1. The number of hydrogen-bond donors (Lipinski definition) is 2. The maximum absolute atomic E-state index is 11.7. The minimum absolute atomic E-state index is 0.184. The van der Waals surface area contributed by atoms with E-state index in [0.717, 1.165) is 27.3 Å². The highest BCUT2D eigenvalue weighted by Gasteiger charge is 2.11. The van der Waals surface area contributed by atoms with Crippen LogP contribution in [0.2, 0.25) is 0 Å². The summed E-state index contributed by atoms with van der Waals surface area (Å²) in [6, 6.07) is 13.5. The van der Waals surface area contributed by atoms with Crippen LogP contribution < -0.4 is 11.1 Å². The number of amides is 1. The third-order valence-corrected chi connectivity index (χ3v) is 4.52. The van der Waals surface area contributed by atoms with Crippen LogP contribution in [0, 0.1) is 6.92 Å². The molecule has 3 N–H and O–H groups in total. The Bertz CT molecular complexity index is 806. The standard InChI is InChI=1S/C17H17N3OS/c1-10-9-12(7-8-13(10)19-16(21)11(2)18)17-20-14-5-3-4-6-15(14)22-17/h3-9,11H,18H2,1-2H3,(H,19,21)/t11-/m0/s1. The van der Waals surface area contributed by atoms with Crippen LogP contribution in [0.15, 0.2) is 42.5 Å². The molecule has 112 valence electrons. The highest BCUT2D eigenvalue weighted by atomic mass is 32.1. The predicted molar refractivity (Wildman–Crippen MR) is 92.1 cm³/mol. The molecule has 0 spiro atoms. The van der Waals surface area contributed by atoms with Gasteiger partial charge in [-0.05, 0) is 49.7 Å². The molecule has 1 amide bonds. The van der Waals surface area contributed by atoms with Crippen molar-refractivity contribution in [1.29, 1.82) is 0 Å². The Morgan fingerprint density at radius 3 is 2.73 bits per heavy atom. The van der Waals surface area contributed by atoms with E-state index in [1.54, 1.807) is 18.3 Å². The van der Waals surface area contributed by atoms with Gasteiger partial charge in [-0.2, -0.15) is 0 Å². The molecule has 1 atom stereocenters. The topological polar surface area (TPSA) is 68.0 Å². The van der Waals surface area contributed by atoms with Crippen molar-refractivity contribution in [1.82, 2.24) is 4.98 Å². The minimum Gasteiger partial charge on any atom is -0.325 e. The van der Waals surface area contributed by atoms with Crippen molar-refractivity contribution < 1.29 is 4.79 Å². The third-order valence-electron chi connectivity index (χ3n) is 3.44. The van der Waals surface area contributed by atoms with Gasteiger partial charge in [0.15, 0.2) is 0 Å². The lowest BCUT2D eigenvalue weighted by molar-refractivity contribution is -0.117. The van der Waals surface area contributed by atoms with E-state index in [-0.39, 0.29) is 5.91 Å². The second kappa shape index (κ2) is 5.87. The number of carbonyl (C=O) groups excluding carboxylic acids is 1. The first kappa shape index (κ1) is 14.7. The fourth-order valence-electron chi connectivity index (χ4n) is 2.18. The maximum atomic E-state index is 11.7. The van der Waals surface area contributed by atoms with Crippen LogP contribution in [-0.4, -0.2) is 16.9 Å². The quantitative estimate of drug-likeness (QED) is 0.777. The lowest BCUT2D eigenvalue weighted by atomic mass is 10.1. The van der Waals surface area contributed by atoms with E-state index in [9.17, 15) is 4.79 Å². The SMILES string of the molecule is Cc1cc(-c2nc3ccccc3s2)ccc1NC(=O)[C@H](C)N. The van der Waals surface area contributed by atoms with Crippen LogP contribution in [-0.2, 0) is 4.79 Å². The smallest absolute Gasteiger partial charge is 0.241 e. The molecular weight excluding hydrogens is 294 g/mol. The summed E-state index contributed by atoms with van der Waals surface area (Å²) in [5.41, 5.74) is 9.42. The Morgan fingerprint density at radius 1 is 1.27 bits per heavy atom. The normalized spacial score (nSPS) is 12.3. The molecule has 0 fully saturated rings. The lowest BCUT2D eigenvalue weighted by Crippen LogP contribution is -2.32. The molecule has 1 aromatic heterocycles. The number of rotatable bonds is 3. The first-order chi connectivity index (χ1) is 10.5. The predicted octanol–water partition coefficient (Wildman–Crippen LogP) is 3.56. The molecule has 22 heavy (non-hydrogen) atoms. The fraction of sp³-hybridized carbons (Fsp3) is 0.176. The van der Waals surface area contributed by atoms with Crippen LogP contribution in [0.1, 0.15) is 12.5 Å². The number of aromatic nitrogens is 1. The molecule has 0 aliphatic carbocycles. The van der Waals surface area contributed by atoms with Crippen LogP contribution in [0.5, 0.6) is 0 Å². The Balaban J connectivity index is 1.92. The van der Waals surface area contributed by atoms with Gasteiger partial charge in [0.05, 0.1) is 16.3 Å². The van der Waals surface area contributed by atoms with Crippen molar-refractivity contribution in [2.24, 2.45) is 5.73 Å². The highest BCUT2D eigenvalue weighted by molar-refractivity contribution is 7.21. The number of nitrogens with one attached hydrogen (secondary N) is 1. The number of hydrogen-bond acceptors (Lipinski definition) is 4. The summed E-state index contributed by atoms with van der Waals surface area (Å²) < 4.78 is 1.17. The van der Waals surface area contributed by atoms with E-state index in [0.29, 0.717) is 0 Å². The molecule has 0 aliphatic rings. The van der Waals surface area contributed by atoms with Crippen LogP contribution in [0.25, 0.3) is 20.8 Å². The number of fused-ring (bicyclic) bond motifs is 1. The average Bonchev–Trinajstić information content (AvgIpc) is 2.93. The summed E-state index contributed by atoms with van der Waals surface area (Å²) in [4.78, 5) is 16.3. The molecule has 3 aromatic rings. The van der Waals surface area contributed by atoms with E-state index in [4.69, 9.17) is 5.73 Å². The van der Waals surface area contributed by atoms with E-state index in [2.05, 4.69) is 16.4 Å². The molecule has 0 bridgehead atoms. The van der Waals surface area contributed by atoms with Crippen molar-refractivity contribution in [3.8, 4) is 10.6 Å². The molecule has 0 saturated carbocycles. The van der Waals surface area contributed by atoms with Crippen molar-refractivity contribution in [3.05, 3.63) is 48.0 Å². The zero-order chi connectivity index (χ0) is 15.7. The van der Waals surface area contributed by atoms with Gasteiger partial charge < -0.3 is 11.1 Å². The summed E-state index contributed by atoms with van der Waals surface area (Å²) in [5, 5.41) is 3.81. The number of carbonyl (C=O) groups is 1. The van der Waals surface area contributed by atoms with Gasteiger partial charge in [-0.3, -0.25) is 4.79 Å². The average molecular weight is 311 g/mol. The van der Waals surface area contributed by atoms with Gasteiger partial charge in [0.1, 0.15) is 5.01 Å². The molecule has 4 nitrogen and oxygen atoms in total. The third kappa shape index (κ3) is 2.86. The lowest BCUT2D eigenvalue weighted by Gasteiger charge is -2.11. The van der Waals surface area contributed by atoms with Crippen molar-refractivity contribution in [2.75, 3.05) is 5.32 Å². The van der Waals surface area contributed by atoms with Crippen molar-refractivity contribution in [2.45, 2.75) is 19.9 Å². The molecule has 0 aliphatic heterocycles. The van der Waals surface area contributed by atoms with E-state index in [1.165, 1.54) is 4.70 Å². The van der Waals surface area contributed by atoms with Gasteiger partial charge in [-0.25, -0.2) is 4.98 Å². The van der Waals surface area contributed by atoms with Gasteiger partial charge in [0.25, 0.3) is 0 Å². The number of nitrogens with two attached hydrogens (primary N) is 1. The van der Waals surface area contributed by atoms with Gasteiger partial charge in [0, 0.05) is 11.3 Å². The second-order valence-corrected chi connectivity index (χ2v) is 6.33. The van der Waals surface area contributed by atoms with Crippen LogP contribution in [0.3, 0.4) is 0 Å². The molecular formula is C17H17N3OS. The highest BCUT2D eigenvalue weighted by Crippen LogP contribution is 2.31. The summed E-state index contributed by atoms with van der Waals surface area (Å²) in [7, 11) is 0. The van der Waals surface area contributed by atoms with Crippen molar-refractivity contribution in [3.63, 3.8) is 0 Å². The Morgan fingerprint density at radius 2 is 2.05 bits per heavy atom. The van der Waals surface area contributed by atoms with E-state index in [1.807, 2.05) is 43.3 Å². The number of nitrogens with zero attached hydrogens (tertiary/aromatic N) is 1. The van der Waals surface area contributed by atoms with Crippen LogP contribution in [0.4, 0.5) is 5.69 Å². The molecule has 3 rings (SSSR count). The van der Waals surface area contributed by atoms with Crippen molar-refractivity contribution >= 4 is 33.1 Å². The number of para-hydroxylation sites is 1. The second-order valence-electron chi connectivity index (χ2n) is 5.29. The van der Waals surface area contributed by atoms with E-state index >= 15 is 0 Å². The van der Waals surface area contributed by atoms with Gasteiger partial charge >= 0.3 is 0 Å². The van der Waals surface area contributed by atoms with E-state index < -0.39 is 6.04 Å². The molecule has 0 radical (unpaired) electrons. The zero-order valence-corrected chi connectivity index (χ0v) is 13.3. The molecule has 5 heteroatoms. The number of anilines is 1. The Labute approximate surface area is 133 Å². The maximum Gasteiger partial charge on any atom is 0.241 e. The van der Waals surface area contributed by atoms with Gasteiger partial charge in [-0.15, -0.1) is 11.3 Å². The summed E-state index contributed by atoms with van der Waals surface area (Å²) in [6.45, 7) is 3.63. The molecule has 2 aromatic carbocycles. The molecule has 1 heterocycles. The van der Waals surface area contributed by atoms with Gasteiger partial charge in [-0.1, -0.05) is 12.1 Å². The number of benzene rings is 2. The Kier molecular flexibility index (Phi) is 3.92. The number of aryl methyl sites for hydroxylation is 1.